The Bertz CT molecular complexity index is 436. The number of methoxy groups -OCH3 is 1. The van der Waals surface area contributed by atoms with Crippen molar-refractivity contribution >= 4 is 17.4 Å². The van der Waals surface area contributed by atoms with Crippen LogP contribution in [0.15, 0.2) is 18.2 Å². The smallest absolute Gasteiger partial charge is 0.169 e. The molecule has 2 rings (SSSR count). The molecule has 1 aliphatic carbocycles. The summed E-state index contributed by atoms with van der Waals surface area (Å²) < 4.78 is 18.8. The van der Waals surface area contributed by atoms with E-state index in [0.717, 1.165) is 19.3 Å². The van der Waals surface area contributed by atoms with E-state index in [9.17, 15) is 9.18 Å². The molecule has 4 heteroatoms. The van der Waals surface area contributed by atoms with Crippen molar-refractivity contribution in [2.45, 2.75) is 31.3 Å². The number of halogens is 2. The predicted octanol–water partition coefficient (Wildman–Crippen LogP) is 3.16. The lowest BCUT2D eigenvalue weighted by molar-refractivity contribution is -0.151. The Morgan fingerprint density at radius 2 is 2.24 bits per heavy atom. The first-order chi connectivity index (χ1) is 8.07. The first kappa shape index (κ1) is 12.5. The molecule has 0 saturated heterocycles. The van der Waals surface area contributed by atoms with Gasteiger partial charge in [-0.3, -0.25) is 4.79 Å². The van der Waals surface area contributed by atoms with Crippen molar-refractivity contribution in [3.8, 4) is 0 Å². The van der Waals surface area contributed by atoms with Crippen LogP contribution in [0.3, 0.4) is 0 Å². The third-order valence-corrected chi connectivity index (χ3v) is 3.66. The topological polar surface area (TPSA) is 26.3 Å². The molecule has 92 valence electrons. The zero-order chi connectivity index (χ0) is 12.5. The number of carbonyl (C=O) groups excluding carboxylic acids is 1. The number of hydrogen-bond donors (Lipinski definition) is 0. The van der Waals surface area contributed by atoms with Crippen molar-refractivity contribution in [3.63, 3.8) is 0 Å². The molecule has 0 radical (unpaired) electrons. The molecule has 1 saturated carbocycles. The van der Waals surface area contributed by atoms with Gasteiger partial charge in [0.15, 0.2) is 5.78 Å². The van der Waals surface area contributed by atoms with Crippen LogP contribution in [0.4, 0.5) is 4.39 Å². The molecule has 0 amide bonds. The van der Waals surface area contributed by atoms with Crippen LogP contribution in [0.1, 0.15) is 24.8 Å². The van der Waals surface area contributed by atoms with Crippen molar-refractivity contribution < 1.29 is 13.9 Å². The monoisotopic (exact) mass is 256 g/mol. The fraction of sp³-hybridized carbons (Fsp3) is 0.462. The van der Waals surface area contributed by atoms with Crippen molar-refractivity contribution in [1.82, 2.24) is 0 Å². The lowest BCUT2D eigenvalue weighted by atomic mass is 9.75. The first-order valence-corrected chi connectivity index (χ1v) is 5.97. The average Bonchev–Trinajstić information content (AvgIpc) is 2.21. The molecule has 0 aromatic heterocycles. The SMILES string of the molecule is COC1(C(=O)Cc2ccc(Cl)cc2F)CCC1. The van der Waals surface area contributed by atoms with Gasteiger partial charge < -0.3 is 4.74 Å². The van der Waals surface area contributed by atoms with E-state index in [1.807, 2.05) is 0 Å². The quantitative estimate of drug-likeness (QED) is 0.827. The van der Waals surface area contributed by atoms with Crippen molar-refractivity contribution in [2.24, 2.45) is 0 Å². The Morgan fingerprint density at radius 3 is 2.71 bits per heavy atom. The Hall–Kier alpha value is -0.930. The number of rotatable bonds is 4. The molecule has 1 aliphatic rings. The highest BCUT2D eigenvalue weighted by Gasteiger charge is 2.43. The van der Waals surface area contributed by atoms with Crippen LogP contribution >= 0.6 is 11.6 Å². The zero-order valence-electron chi connectivity index (χ0n) is 9.63. The minimum absolute atomic E-state index is 0.0486. The van der Waals surface area contributed by atoms with Crippen LogP contribution < -0.4 is 0 Å². The van der Waals surface area contributed by atoms with E-state index in [-0.39, 0.29) is 12.2 Å². The maximum absolute atomic E-state index is 13.5. The van der Waals surface area contributed by atoms with Gasteiger partial charge in [-0.05, 0) is 37.0 Å². The van der Waals surface area contributed by atoms with Crippen LogP contribution in [0, 0.1) is 5.82 Å². The van der Waals surface area contributed by atoms with Gasteiger partial charge in [0, 0.05) is 18.6 Å². The van der Waals surface area contributed by atoms with Gasteiger partial charge in [-0.2, -0.15) is 0 Å². The molecule has 0 aliphatic heterocycles. The average molecular weight is 257 g/mol. The van der Waals surface area contributed by atoms with Gasteiger partial charge in [0.05, 0.1) is 0 Å². The highest BCUT2D eigenvalue weighted by molar-refractivity contribution is 6.30. The van der Waals surface area contributed by atoms with E-state index >= 15 is 0 Å². The summed E-state index contributed by atoms with van der Waals surface area (Å²) in [6, 6.07) is 4.37. The minimum Gasteiger partial charge on any atom is -0.370 e. The molecular formula is C13H14ClFO2. The summed E-state index contributed by atoms with van der Waals surface area (Å²) in [6.07, 6.45) is 2.52. The number of ketones is 1. The molecule has 1 fully saturated rings. The van der Waals surface area contributed by atoms with Gasteiger partial charge in [0.1, 0.15) is 11.4 Å². The van der Waals surface area contributed by atoms with Crippen LogP contribution in [0.25, 0.3) is 0 Å². The summed E-state index contributed by atoms with van der Waals surface area (Å²) >= 11 is 5.66. The van der Waals surface area contributed by atoms with Gasteiger partial charge in [0.2, 0.25) is 0 Å². The van der Waals surface area contributed by atoms with Gasteiger partial charge in [-0.1, -0.05) is 17.7 Å². The number of hydrogen-bond acceptors (Lipinski definition) is 2. The van der Waals surface area contributed by atoms with Gasteiger partial charge in [-0.25, -0.2) is 4.39 Å². The Morgan fingerprint density at radius 1 is 1.53 bits per heavy atom. The van der Waals surface area contributed by atoms with Crippen LogP contribution in [-0.2, 0) is 16.0 Å². The summed E-state index contributed by atoms with van der Waals surface area (Å²) in [5, 5.41) is 0.337. The maximum Gasteiger partial charge on any atom is 0.169 e. The predicted molar refractivity (Wildman–Crippen MR) is 63.7 cm³/mol. The Kier molecular flexibility index (Phi) is 3.50. The van der Waals surface area contributed by atoms with E-state index < -0.39 is 11.4 Å². The zero-order valence-corrected chi connectivity index (χ0v) is 10.4. The summed E-state index contributed by atoms with van der Waals surface area (Å²) in [5.74, 6) is -0.483. The second-order valence-electron chi connectivity index (χ2n) is 4.39. The highest BCUT2D eigenvalue weighted by Crippen LogP contribution is 2.36. The molecule has 0 bridgehead atoms. The maximum atomic E-state index is 13.5. The first-order valence-electron chi connectivity index (χ1n) is 5.60. The lowest BCUT2D eigenvalue weighted by Crippen LogP contribution is -2.47. The number of ether oxygens (including phenoxy) is 1. The third kappa shape index (κ3) is 2.35. The molecule has 0 heterocycles. The molecule has 0 unspecified atom stereocenters. The van der Waals surface area contributed by atoms with E-state index in [1.165, 1.54) is 13.2 Å². The molecule has 0 spiro atoms. The molecule has 0 atom stereocenters. The van der Waals surface area contributed by atoms with E-state index in [2.05, 4.69) is 0 Å². The van der Waals surface area contributed by atoms with Crippen LogP contribution in [0.2, 0.25) is 5.02 Å². The second kappa shape index (κ2) is 4.75. The van der Waals surface area contributed by atoms with Crippen molar-refractivity contribution in [3.05, 3.63) is 34.6 Å². The van der Waals surface area contributed by atoms with Crippen molar-refractivity contribution in [1.29, 1.82) is 0 Å². The fourth-order valence-corrected chi connectivity index (χ4v) is 2.25. The molecule has 0 N–H and O–H groups in total. The Labute approximate surface area is 105 Å². The van der Waals surface area contributed by atoms with Crippen LogP contribution in [-0.4, -0.2) is 18.5 Å². The second-order valence-corrected chi connectivity index (χ2v) is 4.82. The molecule has 2 nitrogen and oxygen atoms in total. The molecule has 1 aromatic rings. The number of Topliss-reactive ketones (excluding diaryl/α,β-unsaturated/α-hetero) is 1. The van der Waals surface area contributed by atoms with Gasteiger partial charge in [-0.15, -0.1) is 0 Å². The van der Waals surface area contributed by atoms with Gasteiger partial charge in [0.25, 0.3) is 0 Å². The molecule has 1 aromatic carbocycles. The summed E-state index contributed by atoms with van der Waals surface area (Å²) in [5.41, 5.74) is -0.297. The van der Waals surface area contributed by atoms with Crippen molar-refractivity contribution in [2.75, 3.05) is 7.11 Å². The Balaban J connectivity index is 2.13. The number of carbonyl (C=O) groups is 1. The highest BCUT2D eigenvalue weighted by atomic mass is 35.5. The van der Waals surface area contributed by atoms with Gasteiger partial charge >= 0.3 is 0 Å². The largest absolute Gasteiger partial charge is 0.370 e. The van der Waals surface area contributed by atoms with E-state index in [1.54, 1.807) is 12.1 Å². The summed E-state index contributed by atoms with van der Waals surface area (Å²) in [4.78, 5) is 12.1. The molecule has 17 heavy (non-hydrogen) atoms. The molecular weight excluding hydrogens is 243 g/mol. The fourth-order valence-electron chi connectivity index (χ4n) is 2.09. The third-order valence-electron chi connectivity index (χ3n) is 3.43. The van der Waals surface area contributed by atoms with E-state index in [0.29, 0.717) is 10.6 Å². The van der Waals surface area contributed by atoms with Crippen LogP contribution in [0.5, 0.6) is 0 Å². The summed E-state index contributed by atoms with van der Waals surface area (Å²) in [7, 11) is 1.54. The number of benzene rings is 1. The van der Waals surface area contributed by atoms with E-state index in [4.69, 9.17) is 16.3 Å². The normalized spacial score (nSPS) is 17.6. The minimum atomic E-state index is -0.675. The summed E-state index contributed by atoms with van der Waals surface area (Å²) in [6.45, 7) is 0. The standard InChI is InChI=1S/C13H14ClFO2/c1-17-13(5-2-6-13)12(16)7-9-3-4-10(14)8-11(9)15/h3-4,8H,2,5-7H2,1H3. The lowest BCUT2D eigenvalue weighted by Gasteiger charge is -2.38.